The van der Waals surface area contributed by atoms with E-state index < -0.39 is 22.2 Å². The van der Waals surface area contributed by atoms with Gasteiger partial charge in [0, 0.05) is 12.1 Å². The molecule has 0 unspecified atom stereocenters. The average Bonchev–Trinajstić information content (AvgIpc) is 3.28. The quantitative estimate of drug-likeness (QED) is 0.530. The fourth-order valence-electron chi connectivity index (χ4n) is 3.95. The molecule has 4 rings (SSSR count). The van der Waals surface area contributed by atoms with E-state index in [0.717, 1.165) is 5.56 Å². The molecule has 0 bridgehead atoms. The van der Waals surface area contributed by atoms with Crippen LogP contribution in [0.2, 0.25) is 0 Å². The van der Waals surface area contributed by atoms with Gasteiger partial charge in [0.25, 0.3) is 5.91 Å². The molecular formula is C23H28N2O7S. The zero-order chi connectivity index (χ0) is 23.4. The summed E-state index contributed by atoms with van der Waals surface area (Å²) in [4.78, 5) is 12.6. The van der Waals surface area contributed by atoms with Gasteiger partial charge in [-0.15, -0.1) is 0 Å². The molecule has 9 nitrogen and oxygen atoms in total. The van der Waals surface area contributed by atoms with Crippen molar-refractivity contribution in [1.82, 2.24) is 10.0 Å². The van der Waals surface area contributed by atoms with Gasteiger partial charge in [0.05, 0.1) is 29.8 Å². The predicted octanol–water partition coefficient (Wildman–Crippen LogP) is 1.73. The van der Waals surface area contributed by atoms with Gasteiger partial charge >= 0.3 is 0 Å². The van der Waals surface area contributed by atoms with Crippen LogP contribution in [-0.4, -0.2) is 57.6 Å². The molecule has 3 N–H and O–H groups in total. The minimum absolute atomic E-state index is 0.146. The Labute approximate surface area is 193 Å². The number of carbonyl (C=O) groups excluding carboxylic acids is 1. The van der Waals surface area contributed by atoms with Crippen LogP contribution in [0.15, 0.2) is 47.4 Å². The summed E-state index contributed by atoms with van der Waals surface area (Å²) in [5.41, 5.74) is 1.44. The van der Waals surface area contributed by atoms with Crippen molar-refractivity contribution in [2.75, 3.05) is 19.9 Å². The highest BCUT2D eigenvalue weighted by Crippen LogP contribution is 2.32. The first-order valence-corrected chi connectivity index (χ1v) is 12.4. The number of aliphatic hydroxyl groups excluding tert-OH is 1. The lowest BCUT2D eigenvalue weighted by Gasteiger charge is -2.36. The third kappa shape index (κ3) is 5.64. The number of aryl methyl sites for hydroxylation is 1. The van der Waals surface area contributed by atoms with Gasteiger partial charge in [0.1, 0.15) is 0 Å². The normalized spacial score (nSPS) is 22.2. The monoisotopic (exact) mass is 476 g/mol. The summed E-state index contributed by atoms with van der Waals surface area (Å²) in [7, 11) is -3.72. The topological polar surface area (TPSA) is 123 Å². The van der Waals surface area contributed by atoms with Crippen LogP contribution in [0, 0.1) is 6.92 Å². The van der Waals surface area contributed by atoms with E-state index in [1.807, 2.05) is 6.92 Å². The van der Waals surface area contributed by atoms with E-state index in [-0.39, 0.29) is 30.3 Å². The first kappa shape index (κ1) is 23.5. The van der Waals surface area contributed by atoms with Crippen LogP contribution < -0.4 is 19.5 Å². The van der Waals surface area contributed by atoms with Gasteiger partial charge in [-0.2, -0.15) is 0 Å². The van der Waals surface area contributed by atoms with Crippen LogP contribution in [0.4, 0.5) is 0 Å². The summed E-state index contributed by atoms with van der Waals surface area (Å²) >= 11 is 0. The van der Waals surface area contributed by atoms with Crippen LogP contribution >= 0.6 is 0 Å². The zero-order valence-corrected chi connectivity index (χ0v) is 19.1. The highest BCUT2D eigenvalue weighted by atomic mass is 32.2. The minimum atomic E-state index is -3.72. The molecule has 1 fully saturated rings. The number of rotatable bonds is 8. The van der Waals surface area contributed by atoms with E-state index >= 15 is 0 Å². The highest BCUT2D eigenvalue weighted by Gasteiger charge is 2.33. The molecule has 10 heteroatoms. The summed E-state index contributed by atoms with van der Waals surface area (Å²) < 4.78 is 44.5. The molecule has 2 aliphatic rings. The Balaban J connectivity index is 1.27. The number of benzene rings is 2. The number of hydrogen-bond donors (Lipinski definition) is 3. The summed E-state index contributed by atoms with van der Waals surface area (Å²) in [5.74, 6) is 0.930. The van der Waals surface area contributed by atoms with Crippen LogP contribution in [0.1, 0.15) is 35.2 Å². The number of amides is 1. The van der Waals surface area contributed by atoms with E-state index in [1.54, 1.807) is 42.5 Å². The second-order valence-corrected chi connectivity index (χ2v) is 9.92. The second-order valence-electron chi connectivity index (χ2n) is 8.21. The molecule has 2 aromatic rings. The lowest BCUT2D eigenvalue weighted by molar-refractivity contribution is -0.0871. The van der Waals surface area contributed by atoms with E-state index in [4.69, 9.17) is 14.2 Å². The molecule has 0 aromatic heterocycles. The molecule has 2 aliphatic heterocycles. The molecule has 0 spiro atoms. The molecule has 3 atom stereocenters. The molecule has 33 heavy (non-hydrogen) atoms. The average molecular weight is 477 g/mol. The molecule has 0 saturated carbocycles. The molecule has 0 aliphatic carbocycles. The maximum Gasteiger partial charge on any atom is 0.251 e. The molecule has 1 amide bonds. The standard InChI is InChI=1S/C23H28N2O7S/c1-15-2-6-18(7-3-15)33(28,29)25-19-8-5-17(32-22(19)13-26)10-11-24-23(27)16-4-9-20-21(12-16)31-14-30-20/h2-4,6-7,9,12,17,19,22,25-26H,5,8,10-11,13-14H2,1H3,(H,24,27)/t17-,19-,22+/m0/s1. The number of aliphatic hydroxyl groups is 1. The van der Waals surface area contributed by atoms with E-state index in [9.17, 15) is 18.3 Å². The number of carbonyl (C=O) groups is 1. The van der Waals surface area contributed by atoms with Gasteiger partial charge < -0.3 is 24.6 Å². The third-order valence-electron chi connectivity index (χ3n) is 5.82. The first-order chi connectivity index (χ1) is 15.9. The highest BCUT2D eigenvalue weighted by molar-refractivity contribution is 7.89. The van der Waals surface area contributed by atoms with Gasteiger partial charge in [-0.1, -0.05) is 17.7 Å². The Kier molecular flexibility index (Phi) is 7.18. The largest absolute Gasteiger partial charge is 0.454 e. The Morgan fingerprint density at radius 1 is 1.09 bits per heavy atom. The van der Waals surface area contributed by atoms with Crippen molar-refractivity contribution in [3.8, 4) is 11.5 Å². The Hall–Kier alpha value is -2.66. The van der Waals surface area contributed by atoms with E-state index in [2.05, 4.69) is 10.0 Å². The number of ether oxygens (including phenoxy) is 3. The second kappa shape index (κ2) is 10.1. The predicted molar refractivity (Wildman–Crippen MR) is 120 cm³/mol. The maximum atomic E-state index is 12.7. The number of fused-ring (bicyclic) bond motifs is 1. The van der Waals surface area contributed by atoms with Crippen LogP contribution in [0.25, 0.3) is 0 Å². The van der Waals surface area contributed by atoms with Gasteiger partial charge in [0.2, 0.25) is 16.8 Å². The van der Waals surface area contributed by atoms with Crippen molar-refractivity contribution >= 4 is 15.9 Å². The van der Waals surface area contributed by atoms with Crippen molar-refractivity contribution in [2.45, 2.75) is 49.3 Å². The SMILES string of the molecule is Cc1ccc(S(=O)(=O)N[C@H]2CC[C@@H](CCNC(=O)c3ccc4c(c3)OCO4)O[C@@H]2CO)cc1. The summed E-state index contributed by atoms with van der Waals surface area (Å²) in [5, 5.41) is 12.6. The lowest BCUT2D eigenvalue weighted by Crippen LogP contribution is -2.51. The van der Waals surface area contributed by atoms with Crippen molar-refractivity contribution in [3.05, 3.63) is 53.6 Å². The maximum absolute atomic E-state index is 12.7. The summed E-state index contributed by atoms with van der Waals surface area (Å²) in [6, 6.07) is 11.1. The fourth-order valence-corrected chi connectivity index (χ4v) is 5.25. The minimum Gasteiger partial charge on any atom is -0.454 e. The van der Waals surface area contributed by atoms with Crippen LogP contribution in [0.3, 0.4) is 0 Å². The number of sulfonamides is 1. The molecule has 0 radical (unpaired) electrons. The Bertz CT molecular complexity index is 1090. The van der Waals surface area contributed by atoms with Crippen molar-refractivity contribution in [3.63, 3.8) is 0 Å². The number of hydrogen-bond acceptors (Lipinski definition) is 7. The van der Waals surface area contributed by atoms with Gasteiger partial charge in [-0.3, -0.25) is 4.79 Å². The van der Waals surface area contributed by atoms with Gasteiger partial charge in [0.15, 0.2) is 11.5 Å². The summed E-state index contributed by atoms with van der Waals surface area (Å²) in [6.45, 7) is 2.11. The van der Waals surface area contributed by atoms with E-state index in [1.165, 1.54) is 0 Å². The number of nitrogens with one attached hydrogen (secondary N) is 2. The van der Waals surface area contributed by atoms with Gasteiger partial charge in [-0.25, -0.2) is 13.1 Å². The van der Waals surface area contributed by atoms with E-state index in [0.29, 0.717) is 42.9 Å². The molecule has 2 heterocycles. The zero-order valence-electron chi connectivity index (χ0n) is 18.3. The lowest BCUT2D eigenvalue weighted by atomic mass is 9.98. The Morgan fingerprint density at radius 2 is 1.85 bits per heavy atom. The van der Waals surface area contributed by atoms with Crippen LogP contribution in [-0.2, 0) is 14.8 Å². The van der Waals surface area contributed by atoms with Crippen molar-refractivity contribution < 1.29 is 32.5 Å². The fraction of sp³-hybridized carbons (Fsp3) is 0.435. The van der Waals surface area contributed by atoms with Crippen LogP contribution in [0.5, 0.6) is 11.5 Å². The Morgan fingerprint density at radius 3 is 2.61 bits per heavy atom. The molecule has 178 valence electrons. The smallest absolute Gasteiger partial charge is 0.251 e. The molecular weight excluding hydrogens is 448 g/mol. The third-order valence-corrected chi connectivity index (χ3v) is 7.33. The van der Waals surface area contributed by atoms with Gasteiger partial charge in [-0.05, 0) is 56.5 Å². The molecule has 2 aromatic carbocycles. The van der Waals surface area contributed by atoms with Crippen molar-refractivity contribution in [1.29, 1.82) is 0 Å². The first-order valence-electron chi connectivity index (χ1n) is 10.9. The summed E-state index contributed by atoms with van der Waals surface area (Å²) in [6.07, 6.45) is 0.826. The van der Waals surface area contributed by atoms with Crippen molar-refractivity contribution in [2.24, 2.45) is 0 Å². The molecule has 1 saturated heterocycles.